The Kier molecular flexibility index (Phi) is 5.44. The van der Waals surface area contributed by atoms with Crippen LogP contribution < -0.4 is 5.32 Å². The minimum absolute atomic E-state index is 0.00755. The van der Waals surface area contributed by atoms with Gasteiger partial charge in [-0.1, -0.05) is 48.1 Å². The van der Waals surface area contributed by atoms with E-state index < -0.39 is 10.0 Å². The van der Waals surface area contributed by atoms with Gasteiger partial charge >= 0.3 is 0 Å². The Labute approximate surface area is 190 Å². The average Bonchev–Trinajstić information content (AvgIpc) is 3.22. The molecule has 0 aliphatic carbocycles. The Hall–Kier alpha value is -2.81. The van der Waals surface area contributed by atoms with Gasteiger partial charge in [0, 0.05) is 23.5 Å². The molecular weight excluding hydrogens is 442 g/mol. The third-order valence-corrected chi connectivity index (χ3v) is 8.93. The lowest BCUT2D eigenvalue weighted by Gasteiger charge is -2.32. The topological polar surface area (TPSA) is 79.4 Å². The van der Waals surface area contributed by atoms with Crippen LogP contribution >= 0.6 is 11.3 Å². The van der Waals surface area contributed by atoms with Crippen molar-refractivity contribution in [1.29, 1.82) is 0 Å². The molecule has 3 aromatic carbocycles. The fraction of sp³-hybridized carbons (Fsp3) is 0.250. The van der Waals surface area contributed by atoms with Crippen molar-refractivity contribution in [3.05, 3.63) is 66.2 Å². The second-order valence-corrected chi connectivity index (χ2v) is 11.0. The lowest BCUT2D eigenvalue weighted by atomic mass is 10.1. The van der Waals surface area contributed by atoms with E-state index in [2.05, 4.69) is 10.3 Å². The smallest absolute Gasteiger partial charge is 0.257 e. The van der Waals surface area contributed by atoms with Crippen molar-refractivity contribution in [2.24, 2.45) is 0 Å². The molecule has 5 rings (SSSR count). The molecule has 2 heterocycles. The first-order chi connectivity index (χ1) is 15.4. The Morgan fingerprint density at radius 2 is 1.84 bits per heavy atom. The number of thiazole rings is 1. The molecule has 6 nitrogen and oxygen atoms in total. The van der Waals surface area contributed by atoms with Gasteiger partial charge in [-0.05, 0) is 55.5 Å². The summed E-state index contributed by atoms with van der Waals surface area (Å²) in [7, 11) is -3.56. The SMILES string of the molecule is C[C@@H]1CCCCN1S(=O)(=O)c1ccc(C(=O)Nc2nc3c(ccc4ccccc43)s2)cc1. The highest BCUT2D eigenvalue weighted by Crippen LogP contribution is 2.32. The summed E-state index contributed by atoms with van der Waals surface area (Å²) in [5, 5.41) is 5.51. The molecule has 4 aromatic rings. The highest BCUT2D eigenvalue weighted by molar-refractivity contribution is 7.89. The summed E-state index contributed by atoms with van der Waals surface area (Å²) >= 11 is 1.42. The van der Waals surface area contributed by atoms with E-state index in [1.807, 2.05) is 43.3 Å². The van der Waals surface area contributed by atoms with Crippen molar-refractivity contribution in [3.8, 4) is 0 Å². The van der Waals surface area contributed by atoms with E-state index in [1.165, 1.54) is 23.5 Å². The standard InChI is InChI=1S/C24H23N3O3S2/c1-16-6-4-5-15-27(16)32(29,30)19-12-9-18(10-13-19)23(28)26-24-25-22-20-8-3-2-7-17(20)11-14-21(22)31-24/h2-3,7-14,16H,4-6,15H2,1H3,(H,25,26,28)/t16-/m1/s1. The molecule has 1 saturated heterocycles. The summed E-state index contributed by atoms with van der Waals surface area (Å²) in [4.78, 5) is 17.6. The molecule has 1 aliphatic rings. The zero-order valence-electron chi connectivity index (χ0n) is 17.6. The van der Waals surface area contributed by atoms with E-state index in [0.29, 0.717) is 17.2 Å². The van der Waals surface area contributed by atoms with Gasteiger partial charge in [-0.2, -0.15) is 4.31 Å². The van der Waals surface area contributed by atoms with E-state index in [-0.39, 0.29) is 16.8 Å². The van der Waals surface area contributed by atoms with Crippen molar-refractivity contribution < 1.29 is 13.2 Å². The van der Waals surface area contributed by atoms with Crippen LogP contribution in [0.15, 0.2) is 65.6 Å². The zero-order valence-corrected chi connectivity index (χ0v) is 19.2. The number of carbonyl (C=O) groups excluding carboxylic acids is 1. The third kappa shape index (κ3) is 3.79. The van der Waals surface area contributed by atoms with Gasteiger partial charge < -0.3 is 0 Å². The van der Waals surface area contributed by atoms with Crippen LogP contribution in [0.25, 0.3) is 21.0 Å². The van der Waals surface area contributed by atoms with Gasteiger partial charge in [0.1, 0.15) is 0 Å². The number of sulfonamides is 1. The highest BCUT2D eigenvalue weighted by Gasteiger charge is 2.30. The van der Waals surface area contributed by atoms with Crippen molar-refractivity contribution in [3.63, 3.8) is 0 Å². The Balaban J connectivity index is 1.37. The molecule has 1 fully saturated rings. The van der Waals surface area contributed by atoms with E-state index in [1.54, 1.807) is 16.4 Å². The fourth-order valence-corrected chi connectivity index (χ4v) is 6.80. The number of piperidine rings is 1. The van der Waals surface area contributed by atoms with Crippen LogP contribution in [-0.4, -0.2) is 36.2 Å². The van der Waals surface area contributed by atoms with Gasteiger partial charge in [0.05, 0.1) is 15.1 Å². The maximum Gasteiger partial charge on any atom is 0.257 e. The van der Waals surface area contributed by atoms with Crippen molar-refractivity contribution >= 4 is 53.4 Å². The third-order valence-electron chi connectivity index (χ3n) is 5.97. The molecule has 8 heteroatoms. The van der Waals surface area contributed by atoms with Crippen molar-refractivity contribution in [2.45, 2.75) is 37.1 Å². The molecule has 0 spiro atoms. The minimum atomic E-state index is -3.56. The number of hydrogen-bond acceptors (Lipinski definition) is 5. The van der Waals surface area contributed by atoms with E-state index in [4.69, 9.17) is 0 Å². The average molecular weight is 466 g/mol. The number of amides is 1. The van der Waals surface area contributed by atoms with E-state index >= 15 is 0 Å². The normalized spacial score (nSPS) is 17.6. The number of aromatic nitrogens is 1. The number of nitrogens with zero attached hydrogens (tertiary/aromatic N) is 2. The van der Waals surface area contributed by atoms with Crippen LogP contribution in [0.5, 0.6) is 0 Å². The fourth-order valence-electron chi connectivity index (χ4n) is 4.23. The van der Waals surface area contributed by atoms with Crippen LogP contribution in [-0.2, 0) is 10.0 Å². The summed E-state index contributed by atoms with van der Waals surface area (Å²) in [6, 6.07) is 18.2. The van der Waals surface area contributed by atoms with Crippen LogP contribution in [0, 0.1) is 0 Å². The first-order valence-electron chi connectivity index (χ1n) is 10.6. The van der Waals surface area contributed by atoms with Crippen molar-refractivity contribution in [2.75, 3.05) is 11.9 Å². The van der Waals surface area contributed by atoms with E-state index in [9.17, 15) is 13.2 Å². The quantitative estimate of drug-likeness (QED) is 0.446. The summed E-state index contributed by atoms with van der Waals surface area (Å²) in [5.74, 6) is -0.316. The Morgan fingerprint density at radius 3 is 2.62 bits per heavy atom. The predicted octanol–water partition coefficient (Wildman–Crippen LogP) is 5.26. The number of nitrogens with one attached hydrogen (secondary N) is 1. The van der Waals surface area contributed by atoms with Gasteiger partial charge in [-0.3, -0.25) is 10.1 Å². The molecule has 164 valence electrons. The molecule has 32 heavy (non-hydrogen) atoms. The molecule has 1 aliphatic heterocycles. The largest absolute Gasteiger partial charge is 0.298 e. The molecule has 0 bridgehead atoms. The summed E-state index contributed by atoms with van der Waals surface area (Å²) in [6.07, 6.45) is 2.80. The lowest BCUT2D eigenvalue weighted by Crippen LogP contribution is -2.41. The number of rotatable bonds is 4. The molecule has 0 radical (unpaired) electrons. The maximum absolute atomic E-state index is 13.0. The molecular formula is C24H23N3O3S2. The first-order valence-corrected chi connectivity index (χ1v) is 12.9. The summed E-state index contributed by atoms with van der Waals surface area (Å²) in [6.45, 7) is 2.48. The number of hydrogen-bond donors (Lipinski definition) is 1. The van der Waals surface area contributed by atoms with Gasteiger partial charge in [0.25, 0.3) is 5.91 Å². The Morgan fingerprint density at radius 1 is 1.06 bits per heavy atom. The lowest BCUT2D eigenvalue weighted by molar-refractivity contribution is 0.102. The number of carbonyl (C=O) groups is 1. The molecule has 1 aromatic heterocycles. The first kappa shape index (κ1) is 21.1. The Bertz CT molecular complexity index is 1410. The summed E-state index contributed by atoms with van der Waals surface area (Å²) in [5.41, 5.74) is 1.25. The molecule has 0 saturated carbocycles. The van der Waals surface area contributed by atoms with Crippen LogP contribution in [0.2, 0.25) is 0 Å². The maximum atomic E-state index is 13.0. The summed E-state index contributed by atoms with van der Waals surface area (Å²) < 4.78 is 28.5. The number of anilines is 1. The number of fused-ring (bicyclic) bond motifs is 3. The molecule has 0 unspecified atom stereocenters. The predicted molar refractivity (Wildman–Crippen MR) is 129 cm³/mol. The van der Waals surface area contributed by atoms with E-state index in [0.717, 1.165) is 40.3 Å². The molecule has 1 atom stereocenters. The van der Waals surface area contributed by atoms with Gasteiger partial charge in [-0.25, -0.2) is 13.4 Å². The molecule has 1 amide bonds. The second kappa shape index (κ2) is 8.27. The van der Waals surface area contributed by atoms with Crippen LogP contribution in [0.3, 0.4) is 0 Å². The highest BCUT2D eigenvalue weighted by atomic mass is 32.2. The number of benzene rings is 3. The monoisotopic (exact) mass is 465 g/mol. The second-order valence-electron chi connectivity index (χ2n) is 8.09. The minimum Gasteiger partial charge on any atom is -0.298 e. The van der Waals surface area contributed by atoms with Gasteiger partial charge in [0.15, 0.2) is 5.13 Å². The van der Waals surface area contributed by atoms with Crippen LogP contribution in [0.1, 0.15) is 36.5 Å². The van der Waals surface area contributed by atoms with Crippen molar-refractivity contribution in [1.82, 2.24) is 9.29 Å². The molecule has 1 N–H and O–H groups in total. The van der Waals surface area contributed by atoms with Crippen LogP contribution in [0.4, 0.5) is 5.13 Å². The zero-order chi connectivity index (χ0) is 22.3. The van der Waals surface area contributed by atoms with Gasteiger partial charge in [0.2, 0.25) is 10.0 Å². The van der Waals surface area contributed by atoms with Gasteiger partial charge in [-0.15, -0.1) is 0 Å².